The number of nitrogens with zero attached hydrogens (tertiary/aromatic N) is 2. The maximum Gasteiger partial charge on any atom is 0.196 e. The third-order valence-corrected chi connectivity index (χ3v) is 6.40. The summed E-state index contributed by atoms with van der Waals surface area (Å²) in [6.07, 6.45) is 0. The highest BCUT2D eigenvalue weighted by Gasteiger charge is 2.34. The Morgan fingerprint density at radius 2 is 1.47 bits per heavy atom. The van der Waals surface area contributed by atoms with Crippen LogP contribution in [0.15, 0.2) is 90.0 Å². The van der Waals surface area contributed by atoms with Crippen molar-refractivity contribution < 1.29 is 9.59 Å². The molecule has 4 aromatic rings. The first-order chi connectivity index (χ1) is 15.7. The first-order valence-electron chi connectivity index (χ1n) is 10.1. The van der Waals surface area contributed by atoms with E-state index >= 15 is 0 Å². The molecule has 0 amide bonds. The van der Waals surface area contributed by atoms with Gasteiger partial charge in [-0.05, 0) is 5.56 Å². The normalized spacial score (nSPS) is 11.5. The minimum atomic E-state index is -0.129. The van der Waals surface area contributed by atoms with Crippen LogP contribution < -0.4 is 0 Å². The molecule has 0 atom stereocenters. The van der Waals surface area contributed by atoms with Crippen molar-refractivity contribution in [2.24, 2.45) is 0 Å². The lowest BCUT2D eigenvalue weighted by Crippen LogP contribution is -2.06. The zero-order valence-corrected chi connectivity index (χ0v) is 17.7. The van der Waals surface area contributed by atoms with Crippen LogP contribution in [0.5, 0.6) is 0 Å². The number of pyridine rings is 1. The van der Waals surface area contributed by atoms with Crippen molar-refractivity contribution in [1.29, 1.82) is 5.26 Å². The second-order valence-corrected chi connectivity index (χ2v) is 8.29. The average molecular weight is 433 g/mol. The molecule has 4 nitrogen and oxygen atoms in total. The molecular formula is C27H16N2O2S. The zero-order chi connectivity index (χ0) is 22.1. The Balaban J connectivity index is 1.67. The van der Waals surface area contributed by atoms with Gasteiger partial charge in [-0.3, -0.25) is 9.59 Å². The van der Waals surface area contributed by atoms with E-state index in [-0.39, 0.29) is 17.3 Å². The van der Waals surface area contributed by atoms with E-state index in [1.807, 2.05) is 66.7 Å². The fraction of sp³-hybridized carbons (Fsp3) is 0.0370. The van der Waals surface area contributed by atoms with Crippen molar-refractivity contribution in [3.8, 4) is 28.5 Å². The minimum Gasteiger partial charge on any atom is -0.293 e. The lowest BCUT2D eigenvalue weighted by molar-refractivity contribution is 0.101. The lowest BCUT2D eigenvalue weighted by Gasteiger charge is -2.14. The van der Waals surface area contributed by atoms with Gasteiger partial charge in [-0.2, -0.15) is 5.26 Å². The van der Waals surface area contributed by atoms with Crippen LogP contribution in [-0.2, 0) is 0 Å². The second-order valence-electron chi connectivity index (χ2n) is 7.32. The van der Waals surface area contributed by atoms with Crippen molar-refractivity contribution in [1.82, 2.24) is 4.98 Å². The van der Waals surface area contributed by atoms with Gasteiger partial charge in [0.05, 0.1) is 22.6 Å². The van der Waals surface area contributed by atoms with Gasteiger partial charge in [0.25, 0.3) is 0 Å². The lowest BCUT2D eigenvalue weighted by atomic mass is 9.94. The molecule has 0 bridgehead atoms. The third kappa shape index (κ3) is 3.31. The van der Waals surface area contributed by atoms with Crippen LogP contribution in [-0.4, -0.2) is 22.3 Å². The molecule has 0 unspecified atom stereocenters. The number of carbonyl (C=O) groups excluding carboxylic acids is 2. The number of fused-ring (bicyclic) bond motifs is 3. The number of hydrogen-bond acceptors (Lipinski definition) is 5. The van der Waals surface area contributed by atoms with Gasteiger partial charge in [0.2, 0.25) is 0 Å². The Hall–Kier alpha value is -4.01. The molecule has 0 spiro atoms. The van der Waals surface area contributed by atoms with Crippen molar-refractivity contribution >= 4 is 23.3 Å². The molecule has 0 aliphatic heterocycles. The molecule has 0 N–H and O–H groups in total. The average Bonchev–Trinajstić information content (AvgIpc) is 3.14. The summed E-state index contributed by atoms with van der Waals surface area (Å²) in [5, 5.41) is 10.5. The van der Waals surface area contributed by atoms with Crippen molar-refractivity contribution in [3.63, 3.8) is 0 Å². The van der Waals surface area contributed by atoms with Crippen LogP contribution in [0.25, 0.3) is 22.4 Å². The Kier molecular flexibility index (Phi) is 5.14. The summed E-state index contributed by atoms with van der Waals surface area (Å²) in [6, 6.07) is 28.1. The van der Waals surface area contributed by atoms with E-state index in [2.05, 4.69) is 6.07 Å². The number of ketones is 2. The quantitative estimate of drug-likeness (QED) is 0.259. The second kappa shape index (κ2) is 8.26. The highest BCUT2D eigenvalue weighted by atomic mass is 32.2. The van der Waals surface area contributed by atoms with Crippen LogP contribution >= 0.6 is 11.8 Å². The largest absolute Gasteiger partial charge is 0.293 e. The van der Waals surface area contributed by atoms with Crippen molar-refractivity contribution in [3.05, 3.63) is 107 Å². The fourth-order valence-electron chi connectivity index (χ4n) is 3.94. The molecular weight excluding hydrogens is 416 g/mol. The standard InChI is InChI=1S/C27H16N2O2S/c28-15-21-23(18-11-5-2-6-12-18)24-25(19-13-7-8-14-20(19)26(24)31)29-27(21)32-16-22(30)17-9-3-1-4-10-17/h1-14H,16H2. The SMILES string of the molecule is N#Cc1c(SCC(=O)c2ccccc2)nc2c(c1-c1ccccc1)C(=O)c1ccccc1-2. The van der Waals surface area contributed by atoms with Crippen LogP contribution in [0.4, 0.5) is 0 Å². The Morgan fingerprint density at radius 3 is 2.16 bits per heavy atom. The molecule has 32 heavy (non-hydrogen) atoms. The molecule has 5 rings (SSSR count). The Morgan fingerprint density at radius 1 is 0.844 bits per heavy atom. The van der Waals surface area contributed by atoms with Crippen LogP contribution in [0.3, 0.4) is 0 Å². The molecule has 0 saturated heterocycles. The predicted octanol–water partition coefficient (Wildman–Crippen LogP) is 5.81. The molecule has 0 fully saturated rings. The molecule has 0 radical (unpaired) electrons. The molecule has 1 heterocycles. The molecule has 3 aromatic carbocycles. The Labute approximate surface area is 189 Å². The van der Waals surface area contributed by atoms with Crippen molar-refractivity contribution in [2.75, 3.05) is 5.75 Å². The van der Waals surface area contributed by atoms with Gasteiger partial charge in [0, 0.05) is 22.3 Å². The van der Waals surface area contributed by atoms with E-state index in [1.54, 1.807) is 18.2 Å². The Bertz CT molecular complexity index is 1410. The van der Waals surface area contributed by atoms with Gasteiger partial charge in [0.15, 0.2) is 11.6 Å². The maximum absolute atomic E-state index is 13.3. The number of thioether (sulfide) groups is 1. The summed E-state index contributed by atoms with van der Waals surface area (Å²) >= 11 is 1.23. The van der Waals surface area contributed by atoms with E-state index in [0.29, 0.717) is 38.5 Å². The summed E-state index contributed by atoms with van der Waals surface area (Å²) in [4.78, 5) is 30.7. The predicted molar refractivity (Wildman–Crippen MR) is 125 cm³/mol. The first-order valence-corrected chi connectivity index (χ1v) is 11.1. The monoisotopic (exact) mass is 432 g/mol. The van der Waals surface area contributed by atoms with Gasteiger partial charge in [-0.25, -0.2) is 4.98 Å². The summed E-state index contributed by atoms with van der Waals surface area (Å²) in [5.74, 6) is -0.0243. The molecule has 0 saturated carbocycles. The fourth-order valence-corrected chi connectivity index (χ4v) is 4.83. The van der Waals surface area contributed by atoms with Gasteiger partial charge >= 0.3 is 0 Å². The summed E-state index contributed by atoms with van der Waals surface area (Å²) in [5.41, 5.74) is 4.65. The number of benzene rings is 3. The summed E-state index contributed by atoms with van der Waals surface area (Å²) in [7, 11) is 0. The van der Waals surface area contributed by atoms with E-state index in [0.717, 1.165) is 11.1 Å². The zero-order valence-electron chi connectivity index (χ0n) is 16.9. The maximum atomic E-state index is 13.3. The van der Waals surface area contributed by atoms with Crippen LogP contribution in [0, 0.1) is 11.3 Å². The minimum absolute atomic E-state index is 0.0421. The topological polar surface area (TPSA) is 70.8 Å². The van der Waals surface area contributed by atoms with Crippen LogP contribution in [0.1, 0.15) is 31.8 Å². The number of aromatic nitrogens is 1. The van der Waals surface area contributed by atoms with Gasteiger partial charge in [-0.1, -0.05) is 96.7 Å². The summed E-state index contributed by atoms with van der Waals surface area (Å²) < 4.78 is 0. The number of carbonyl (C=O) groups is 2. The van der Waals surface area contributed by atoms with Gasteiger partial charge < -0.3 is 0 Å². The molecule has 5 heteroatoms. The van der Waals surface area contributed by atoms with E-state index in [1.165, 1.54) is 11.8 Å². The molecule has 1 aromatic heterocycles. The first kappa shape index (κ1) is 19.9. The van der Waals surface area contributed by atoms with Crippen LogP contribution in [0.2, 0.25) is 0 Å². The third-order valence-electron chi connectivity index (χ3n) is 5.43. The van der Waals surface area contributed by atoms with Gasteiger partial charge in [-0.15, -0.1) is 0 Å². The summed E-state index contributed by atoms with van der Waals surface area (Å²) in [6.45, 7) is 0. The smallest absolute Gasteiger partial charge is 0.196 e. The van der Waals surface area contributed by atoms with E-state index < -0.39 is 0 Å². The van der Waals surface area contributed by atoms with E-state index in [9.17, 15) is 14.9 Å². The van der Waals surface area contributed by atoms with Crippen molar-refractivity contribution in [2.45, 2.75) is 5.03 Å². The molecule has 1 aliphatic carbocycles. The number of hydrogen-bond donors (Lipinski definition) is 0. The highest BCUT2D eigenvalue weighted by molar-refractivity contribution is 8.00. The van der Waals surface area contributed by atoms with E-state index in [4.69, 9.17) is 4.98 Å². The van der Waals surface area contributed by atoms with Gasteiger partial charge in [0.1, 0.15) is 11.1 Å². The number of Topliss-reactive ketones (excluding diaryl/α,β-unsaturated/α-hetero) is 1. The molecule has 152 valence electrons. The highest BCUT2D eigenvalue weighted by Crippen LogP contribution is 2.44. The number of nitriles is 1. The number of rotatable bonds is 5. The molecule has 1 aliphatic rings.